The molecule has 2 fully saturated rings. The van der Waals surface area contributed by atoms with E-state index >= 15 is 0 Å². The maximum Gasteiger partial charge on any atom is 0.253 e. The molecule has 2 heterocycles. The van der Waals surface area contributed by atoms with Crippen LogP contribution in [0, 0.1) is 0 Å². The summed E-state index contributed by atoms with van der Waals surface area (Å²) in [6.07, 6.45) is 3.55. The Morgan fingerprint density at radius 2 is 1.96 bits per heavy atom. The largest absolute Gasteiger partial charge is 0.395 e. The molecule has 2 aliphatic rings. The van der Waals surface area contributed by atoms with Crippen molar-refractivity contribution >= 4 is 11.6 Å². The molecule has 1 unspecified atom stereocenters. The van der Waals surface area contributed by atoms with E-state index in [0.717, 1.165) is 37.3 Å². The Balaban J connectivity index is 1.67. The molecule has 5 nitrogen and oxygen atoms in total. The summed E-state index contributed by atoms with van der Waals surface area (Å²) in [4.78, 5) is 19.4. The SMILES string of the molecule is CN(CCO)c1ccc(C(=O)N2CCCN3CCCC3C2)cc1. The summed E-state index contributed by atoms with van der Waals surface area (Å²) in [5.74, 6) is 0.148. The number of benzene rings is 1. The van der Waals surface area contributed by atoms with E-state index in [4.69, 9.17) is 5.11 Å². The summed E-state index contributed by atoms with van der Waals surface area (Å²) < 4.78 is 0. The minimum Gasteiger partial charge on any atom is -0.395 e. The zero-order valence-electron chi connectivity index (χ0n) is 13.9. The summed E-state index contributed by atoms with van der Waals surface area (Å²) >= 11 is 0. The average Bonchev–Trinajstić information content (AvgIpc) is 2.91. The zero-order valence-corrected chi connectivity index (χ0v) is 13.9. The van der Waals surface area contributed by atoms with Crippen LogP contribution >= 0.6 is 0 Å². The molecule has 1 atom stereocenters. The molecule has 0 saturated carbocycles. The number of carbonyl (C=O) groups is 1. The summed E-state index contributed by atoms with van der Waals surface area (Å²) in [7, 11) is 1.94. The highest BCUT2D eigenvalue weighted by molar-refractivity contribution is 5.94. The van der Waals surface area contributed by atoms with Gasteiger partial charge in [-0.2, -0.15) is 0 Å². The minimum absolute atomic E-state index is 0.128. The molecule has 23 heavy (non-hydrogen) atoms. The van der Waals surface area contributed by atoms with Crippen molar-refractivity contribution in [1.82, 2.24) is 9.80 Å². The molecule has 0 spiro atoms. The number of carbonyl (C=O) groups excluding carboxylic acids is 1. The van der Waals surface area contributed by atoms with Crippen molar-refractivity contribution in [2.45, 2.75) is 25.3 Å². The Morgan fingerprint density at radius 3 is 2.70 bits per heavy atom. The zero-order chi connectivity index (χ0) is 16.2. The van der Waals surface area contributed by atoms with Crippen LogP contribution in [0.2, 0.25) is 0 Å². The van der Waals surface area contributed by atoms with Crippen LogP contribution < -0.4 is 4.90 Å². The third-order valence-electron chi connectivity index (χ3n) is 5.08. The fourth-order valence-electron chi connectivity index (χ4n) is 3.71. The molecule has 126 valence electrons. The van der Waals surface area contributed by atoms with Crippen LogP contribution in [0.5, 0.6) is 0 Å². The van der Waals surface area contributed by atoms with Crippen LogP contribution in [-0.4, -0.2) is 73.2 Å². The van der Waals surface area contributed by atoms with Gasteiger partial charge in [-0.3, -0.25) is 9.69 Å². The van der Waals surface area contributed by atoms with E-state index in [2.05, 4.69) is 4.90 Å². The van der Waals surface area contributed by atoms with Gasteiger partial charge in [-0.1, -0.05) is 0 Å². The second kappa shape index (κ2) is 7.32. The lowest BCUT2D eigenvalue weighted by atomic mass is 10.1. The summed E-state index contributed by atoms with van der Waals surface area (Å²) in [6.45, 7) is 4.76. The molecule has 1 aromatic rings. The van der Waals surface area contributed by atoms with Crippen LogP contribution in [-0.2, 0) is 0 Å². The first kappa shape index (κ1) is 16.3. The second-order valence-electron chi connectivity index (χ2n) is 6.63. The van der Waals surface area contributed by atoms with Gasteiger partial charge in [0.15, 0.2) is 0 Å². The number of nitrogens with zero attached hydrogens (tertiary/aromatic N) is 3. The van der Waals surface area contributed by atoms with Gasteiger partial charge in [-0.25, -0.2) is 0 Å². The highest BCUT2D eigenvalue weighted by atomic mass is 16.3. The van der Waals surface area contributed by atoms with E-state index in [9.17, 15) is 4.79 Å². The van der Waals surface area contributed by atoms with E-state index in [1.807, 2.05) is 41.1 Å². The van der Waals surface area contributed by atoms with Gasteiger partial charge >= 0.3 is 0 Å². The van der Waals surface area contributed by atoms with Gasteiger partial charge in [-0.05, 0) is 50.1 Å². The molecular weight excluding hydrogens is 290 g/mol. The quantitative estimate of drug-likeness (QED) is 0.912. The third-order valence-corrected chi connectivity index (χ3v) is 5.08. The van der Waals surface area contributed by atoms with E-state index < -0.39 is 0 Å². The Kier molecular flexibility index (Phi) is 5.18. The van der Waals surface area contributed by atoms with Crippen LogP contribution in [0.1, 0.15) is 29.6 Å². The molecule has 2 aliphatic heterocycles. The highest BCUT2D eigenvalue weighted by Gasteiger charge is 2.30. The number of aliphatic hydroxyl groups is 1. The molecule has 0 radical (unpaired) electrons. The maximum absolute atomic E-state index is 12.8. The van der Waals surface area contributed by atoms with Gasteiger partial charge in [-0.15, -0.1) is 0 Å². The fourth-order valence-corrected chi connectivity index (χ4v) is 3.71. The number of likely N-dealkylation sites (N-methyl/N-ethyl adjacent to an activating group) is 1. The van der Waals surface area contributed by atoms with Gasteiger partial charge in [0.1, 0.15) is 0 Å². The molecule has 5 heteroatoms. The predicted octanol–water partition coefficient (Wildman–Crippen LogP) is 1.43. The van der Waals surface area contributed by atoms with Crippen LogP contribution in [0.4, 0.5) is 5.69 Å². The molecule has 2 saturated heterocycles. The normalized spacial score (nSPS) is 21.8. The Bertz CT molecular complexity index is 532. The second-order valence-corrected chi connectivity index (χ2v) is 6.63. The first-order valence-electron chi connectivity index (χ1n) is 8.64. The Morgan fingerprint density at radius 1 is 1.22 bits per heavy atom. The van der Waals surface area contributed by atoms with Gasteiger partial charge < -0.3 is 14.9 Å². The van der Waals surface area contributed by atoms with Crippen molar-refractivity contribution in [3.05, 3.63) is 29.8 Å². The molecular formula is C18H27N3O2. The lowest BCUT2D eigenvalue weighted by Gasteiger charge is -2.26. The molecule has 1 amide bonds. The van der Waals surface area contributed by atoms with Crippen molar-refractivity contribution in [2.24, 2.45) is 0 Å². The van der Waals surface area contributed by atoms with E-state index in [1.54, 1.807) is 0 Å². The van der Waals surface area contributed by atoms with E-state index in [0.29, 0.717) is 12.6 Å². The molecule has 0 aliphatic carbocycles. The third kappa shape index (κ3) is 3.67. The van der Waals surface area contributed by atoms with Crippen molar-refractivity contribution in [1.29, 1.82) is 0 Å². The van der Waals surface area contributed by atoms with Gasteiger partial charge in [0.25, 0.3) is 5.91 Å². The monoisotopic (exact) mass is 317 g/mol. The fraction of sp³-hybridized carbons (Fsp3) is 0.611. The molecule has 0 bridgehead atoms. The van der Waals surface area contributed by atoms with Gasteiger partial charge in [0.05, 0.1) is 6.61 Å². The number of amides is 1. The van der Waals surface area contributed by atoms with Crippen molar-refractivity contribution in [2.75, 3.05) is 51.3 Å². The smallest absolute Gasteiger partial charge is 0.253 e. The number of fused-ring (bicyclic) bond motifs is 1. The Labute approximate surface area is 138 Å². The van der Waals surface area contributed by atoms with Crippen molar-refractivity contribution < 1.29 is 9.90 Å². The van der Waals surface area contributed by atoms with Crippen molar-refractivity contribution in [3.8, 4) is 0 Å². The molecule has 0 aromatic heterocycles. The maximum atomic E-state index is 12.8. The molecule has 1 aromatic carbocycles. The summed E-state index contributed by atoms with van der Waals surface area (Å²) in [6, 6.07) is 8.29. The number of rotatable bonds is 4. The summed E-state index contributed by atoms with van der Waals surface area (Å²) in [5.41, 5.74) is 1.78. The molecule has 3 rings (SSSR count). The predicted molar refractivity (Wildman–Crippen MR) is 91.9 cm³/mol. The average molecular weight is 317 g/mol. The van der Waals surface area contributed by atoms with Gasteiger partial charge in [0, 0.05) is 50.5 Å². The lowest BCUT2D eigenvalue weighted by Crippen LogP contribution is -2.39. The van der Waals surface area contributed by atoms with E-state index in [1.165, 1.54) is 19.4 Å². The first-order valence-corrected chi connectivity index (χ1v) is 8.64. The standard InChI is InChI=1S/C18H27N3O2/c1-19(12-13-22)16-7-5-15(6-8-16)18(23)21-11-3-10-20-9-2-4-17(20)14-21/h5-8,17,22H,2-4,9-14H2,1H3. The van der Waals surface area contributed by atoms with Crippen LogP contribution in [0.15, 0.2) is 24.3 Å². The van der Waals surface area contributed by atoms with Gasteiger partial charge in [0.2, 0.25) is 0 Å². The Hall–Kier alpha value is -1.59. The topological polar surface area (TPSA) is 47.0 Å². The number of hydrogen-bond donors (Lipinski definition) is 1. The minimum atomic E-state index is 0.128. The highest BCUT2D eigenvalue weighted by Crippen LogP contribution is 2.23. The molecule has 1 N–H and O–H groups in total. The van der Waals surface area contributed by atoms with Crippen LogP contribution in [0.25, 0.3) is 0 Å². The summed E-state index contributed by atoms with van der Waals surface area (Å²) in [5, 5.41) is 9.01. The van der Waals surface area contributed by atoms with E-state index in [-0.39, 0.29) is 12.5 Å². The number of hydrogen-bond acceptors (Lipinski definition) is 4. The number of anilines is 1. The van der Waals surface area contributed by atoms with Crippen LogP contribution in [0.3, 0.4) is 0 Å². The first-order chi connectivity index (χ1) is 11.2. The lowest BCUT2D eigenvalue weighted by molar-refractivity contribution is 0.0743. The number of aliphatic hydroxyl groups excluding tert-OH is 1. The van der Waals surface area contributed by atoms with Crippen molar-refractivity contribution in [3.63, 3.8) is 0 Å².